The van der Waals surface area contributed by atoms with Gasteiger partial charge in [0.25, 0.3) is 0 Å². The summed E-state index contributed by atoms with van der Waals surface area (Å²) in [5.41, 5.74) is 1.17. The van der Waals surface area contributed by atoms with Crippen molar-refractivity contribution in [1.29, 1.82) is 0 Å². The molecule has 1 aliphatic rings. The van der Waals surface area contributed by atoms with Gasteiger partial charge in [-0.1, -0.05) is 0 Å². The molecule has 0 aliphatic carbocycles. The number of aryl methyl sites for hydroxylation is 1. The summed E-state index contributed by atoms with van der Waals surface area (Å²) in [6, 6.07) is 0. The SMILES string of the molecule is CCNC(=NCCn1cc(C)cn1)N1CCC(CC(=O)NC)CC1. The number of carbonyl (C=O) groups excluding carboxylic acids is 1. The van der Waals surface area contributed by atoms with Crippen molar-refractivity contribution in [2.45, 2.75) is 39.7 Å². The Kier molecular flexibility index (Phi) is 7.08. The topological polar surface area (TPSA) is 74.5 Å². The van der Waals surface area contributed by atoms with Gasteiger partial charge in [-0.15, -0.1) is 0 Å². The zero-order valence-electron chi connectivity index (χ0n) is 15.1. The summed E-state index contributed by atoms with van der Waals surface area (Å²) >= 11 is 0. The molecular formula is C17H30N6O. The second kappa shape index (κ2) is 9.30. The Labute approximate surface area is 144 Å². The van der Waals surface area contributed by atoms with Crippen molar-refractivity contribution in [2.75, 3.05) is 33.2 Å². The fourth-order valence-corrected chi connectivity index (χ4v) is 2.99. The maximum atomic E-state index is 11.5. The lowest BCUT2D eigenvalue weighted by Crippen LogP contribution is -2.46. The van der Waals surface area contributed by atoms with Crippen LogP contribution >= 0.6 is 0 Å². The van der Waals surface area contributed by atoms with Crippen molar-refractivity contribution in [1.82, 2.24) is 25.3 Å². The molecule has 0 aromatic carbocycles. The van der Waals surface area contributed by atoms with Crippen LogP contribution in [0.15, 0.2) is 17.4 Å². The lowest BCUT2D eigenvalue weighted by molar-refractivity contribution is -0.121. The van der Waals surface area contributed by atoms with Gasteiger partial charge in [0, 0.05) is 39.3 Å². The van der Waals surface area contributed by atoms with Gasteiger partial charge in [-0.25, -0.2) is 0 Å². The summed E-state index contributed by atoms with van der Waals surface area (Å²) < 4.78 is 1.93. The molecule has 134 valence electrons. The number of hydrogen-bond donors (Lipinski definition) is 2. The molecule has 0 bridgehead atoms. The van der Waals surface area contributed by atoms with E-state index in [0.29, 0.717) is 18.9 Å². The Bertz CT molecular complexity index is 545. The molecule has 2 heterocycles. The maximum absolute atomic E-state index is 11.5. The highest BCUT2D eigenvalue weighted by atomic mass is 16.1. The summed E-state index contributed by atoms with van der Waals surface area (Å²) in [5.74, 6) is 1.60. The first-order valence-corrected chi connectivity index (χ1v) is 8.85. The first kappa shape index (κ1) is 18.3. The summed E-state index contributed by atoms with van der Waals surface area (Å²) in [6.07, 6.45) is 6.61. The van der Waals surface area contributed by atoms with Gasteiger partial charge in [0.05, 0.1) is 19.3 Å². The first-order valence-electron chi connectivity index (χ1n) is 8.85. The monoisotopic (exact) mass is 334 g/mol. The number of hydrogen-bond acceptors (Lipinski definition) is 3. The zero-order valence-corrected chi connectivity index (χ0v) is 15.1. The molecule has 0 unspecified atom stereocenters. The molecule has 1 amide bonds. The minimum Gasteiger partial charge on any atom is -0.359 e. The van der Waals surface area contributed by atoms with Crippen LogP contribution < -0.4 is 10.6 Å². The molecule has 1 fully saturated rings. The number of aromatic nitrogens is 2. The van der Waals surface area contributed by atoms with Gasteiger partial charge in [0.1, 0.15) is 0 Å². The number of aliphatic imine (C=N–C) groups is 1. The molecule has 7 heteroatoms. The Morgan fingerprint density at radius 2 is 2.17 bits per heavy atom. The van der Waals surface area contributed by atoms with Gasteiger partial charge in [0.2, 0.25) is 5.91 Å². The van der Waals surface area contributed by atoms with E-state index in [-0.39, 0.29) is 5.91 Å². The largest absolute Gasteiger partial charge is 0.359 e. The van der Waals surface area contributed by atoms with Gasteiger partial charge < -0.3 is 15.5 Å². The fourth-order valence-electron chi connectivity index (χ4n) is 2.99. The van der Waals surface area contributed by atoms with E-state index in [9.17, 15) is 4.79 Å². The summed E-state index contributed by atoms with van der Waals surface area (Å²) in [6.45, 7) is 8.39. The van der Waals surface area contributed by atoms with E-state index in [1.165, 1.54) is 5.56 Å². The number of nitrogens with zero attached hydrogens (tertiary/aromatic N) is 4. The van der Waals surface area contributed by atoms with Crippen LogP contribution in [0.5, 0.6) is 0 Å². The van der Waals surface area contributed by atoms with E-state index in [0.717, 1.165) is 45.0 Å². The number of amides is 1. The third kappa shape index (κ3) is 5.54. The van der Waals surface area contributed by atoms with E-state index in [1.54, 1.807) is 7.05 Å². The van der Waals surface area contributed by atoms with Crippen LogP contribution in [0.2, 0.25) is 0 Å². The number of nitrogens with one attached hydrogen (secondary N) is 2. The first-order chi connectivity index (χ1) is 11.6. The lowest BCUT2D eigenvalue weighted by Gasteiger charge is -2.34. The maximum Gasteiger partial charge on any atom is 0.220 e. The number of likely N-dealkylation sites (tertiary alicyclic amines) is 1. The summed E-state index contributed by atoms with van der Waals surface area (Å²) in [4.78, 5) is 18.5. The quantitative estimate of drug-likeness (QED) is 0.601. The smallest absolute Gasteiger partial charge is 0.220 e. The Hall–Kier alpha value is -2.05. The zero-order chi connectivity index (χ0) is 17.4. The van der Waals surface area contributed by atoms with Gasteiger partial charge in [-0.3, -0.25) is 14.5 Å². The second-order valence-electron chi connectivity index (χ2n) is 6.32. The van der Waals surface area contributed by atoms with E-state index in [1.807, 2.05) is 24.0 Å². The van der Waals surface area contributed by atoms with E-state index < -0.39 is 0 Å². The van der Waals surface area contributed by atoms with Crippen LogP contribution in [0.1, 0.15) is 31.7 Å². The van der Waals surface area contributed by atoms with Gasteiger partial charge in [-0.05, 0) is 38.2 Å². The number of rotatable bonds is 6. The van der Waals surface area contributed by atoms with E-state index >= 15 is 0 Å². The van der Waals surface area contributed by atoms with Gasteiger partial charge >= 0.3 is 0 Å². The third-order valence-corrected chi connectivity index (χ3v) is 4.35. The summed E-state index contributed by atoms with van der Waals surface area (Å²) in [7, 11) is 1.70. The predicted molar refractivity (Wildman–Crippen MR) is 95.9 cm³/mol. The standard InChI is InChI=1S/C17H30N6O/c1-4-19-17(20-7-10-23-13-14(2)12-21-23)22-8-5-15(6-9-22)11-16(24)18-3/h12-13,15H,4-11H2,1-3H3,(H,18,24)(H,19,20). The highest BCUT2D eigenvalue weighted by Gasteiger charge is 2.22. The number of carbonyl (C=O) groups is 1. The Balaban J connectivity index is 1.84. The fraction of sp³-hybridized carbons (Fsp3) is 0.706. The van der Waals surface area contributed by atoms with Crippen LogP contribution in [0.25, 0.3) is 0 Å². The van der Waals surface area contributed by atoms with Crippen LogP contribution in [-0.2, 0) is 11.3 Å². The molecule has 7 nitrogen and oxygen atoms in total. The minimum atomic E-state index is 0.142. The normalized spacial score (nSPS) is 16.3. The average molecular weight is 334 g/mol. The molecule has 1 aromatic heterocycles. The van der Waals surface area contributed by atoms with Crippen molar-refractivity contribution in [3.8, 4) is 0 Å². The molecule has 1 saturated heterocycles. The van der Waals surface area contributed by atoms with Crippen LogP contribution in [-0.4, -0.2) is 59.8 Å². The molecule has 0 saturated carbocycles. The molecule has 1 aliphatic heterocycles. The molecule has 24 heavy (non-hydrogen) atoms. The van der Waals surface area contributed by atoms with Crippen LogP contribution in [0, 0.1) is 12.8 Å². The number of piperidine rings is 1. The van der Waals surface area contributed by atoms with Crippen LogP contribution in [0.3, 0.4) is 0 Å². The Morgan fingerprint density at radius 3 is 2.75 bits per heavy atom. The van der Waals surface area contributed by atoms with Crippen molar-refractivity contribution < 1.29 is 4.79 Å². The molecule has 0 atom stereocenters. The highest BCUT2D eigenvalue weighted by molar-refractivity contribution is 5.80. The third-order valence-electron chi connectivity index (χ3n) is 4.35. The van der Waals surface area contributed by atoms with Gasteiger partial charge in [0.15, 0.2) is 5.96 Å². The number of guanidine groups is 1. The average Bonchev–Trinajstić information content (AvgIpc) is 3.00. The van der Waals surface area contributed by atoms with Crippen molar-refractivity contribution in [3.63, 3.8) is 0 Å². The molecule has 0 radical (unpaired) electrons. The molecule has 2 rings (SSSR count). The highest BCUT2D eigenvalue weighted by Crippen LogP contribution is 2.20. The van der Waals surface area contributed by atoms with Crippen LogP contribution in [0.4, 0.5) is 0 Å². The Morgan fingerprint density at radius 1 is 1.42 bits per heavy atom. The lowest BCUT2D eigenvalue weighted by atomic mass is 9.93. The molecule has 2 N–H and O–H groups in total. The molecule has 0 spiro atoms. The summed E-state index contributed by atoms with van der Waals surface area (Å²) in [5, 5.41) is 10.4. The molecular weight excluding hydrogens is 304 g/mol. The molecule has 1 aromatic rings. The van der Waals surface area contributed by atoms with Gasteiger partial charge in [-0.2, -0.15) is 5.10 Å². The van der Waals surface area contributed by atoms with Crippen molar-refractivity contribution in [2.24, 2.45) is 10.9 Å². The predicted octanol–water partition coefficient (Wildman–Crippen LogP) is 1.01. The van der Waals surface area contributed by atoms with Crippen molar-refractivity contribution >= 4 is 11.9 Å². The minimum absolute atomic E-state index is 0.142. The van der Waals surface area contributed by atoms with E-state index in [2.05, 4.69) is 27.6 Å². The van der Waals surface area contributed by atoms with Crippen molar-refractivity contribution in [3.05, 3.63) is 18.0 Å². The van der Waals surface area contributed by atoms with E-state index in [4.69, 9.17) is 4.99 Å². The second-order valence-corrected chi connectivity index (χ2v) is 6.32.